The third-order valence-electron chi connectivity index (χ3n) is 6.80. The molecule has 2 aliphatic heterocycles. The van der Waals surface area contributed by atoms with Gasteiger partial charge in [0.1, 0.15) is 12.0 Å². The van der Waals surface area contributed by atoms with Gasteiger partial charge in [0.15, 0.2) is 5.89 Å². The van der Waals surface area contributed by atoms with Crippen molar-refractivity contribution in [2.45, 2.75) is 31.6 Å². The molecule has 1 aromatic heterocycles. The number of likely N-dealkylation sites (tertiary alicyclic amines) is 1. The summed E-state index contributed by atoms with van der Waals surface area (Å²) in [6, 6.07) is 19.0. The van der Waals surface area contributed by atoms with Crippen LogP contribution in [0.15, 0.2) is 65.3 Å². The van der Waals surface area contributed by atoms with E-state index in [4.69, 9.17) is 14.1 Å². The lowest BCUT2D eigenvalue weighted by atomic mass is 9.84. The molecule has 2 unspecified atom stereocenters. The second kappa shape index (κ2) is 9.79. The number of carbonyl (C=O) groups is 1. The van der Waals surface area contributed by atoms with Gasteiger partial charge >= 0.3 is 6.03 Å². The number of benzene rings is 2. The van der Waals surface area contributed by atoms with Crippen LogP contribution in [0, 0.1) is 0 Å². The summed E-state index contributed by atoms with van der Waals surface area (Å²) in [4.78, 5) is 22.1. The van der Waals surface area contributed by atoms with Crippen LogP contribution in [0.1, 0.15) is 42.2 Å². The largest absolute Gasteiger partial charge is 0.448 e. The number of urea groups is 1. The Kier molecular flexibility index (Phi) is 6.44. The highest BCUT2D eigenvalue weighted by Crippen LogP contribution is 2.37. The molecule has 2 aliphatic rings. The predicted octanol–water partition coefficient (Wildman–Crippen LogP) is 4.93. The Labute approximate surface area is 195 Å². The summed E-state index contributed by atoms with van der Waals surface area (Å²) >= 11 is 0. The minimum atomic E-state index is 0.0528. The highest BCUT2D eigenvalue weighted by molar-refractivity contribution is 5.75. The number of oxazole rings is 1. The number of morpholine rings is 1. The summed E-state index contributed by atoms with van der Waals surface area (Å²) in [5, 5.41) is 0. The monoisotopic (exact) mass is 445 g/mol. The van der Waals surface area contributed by atoms with Gasteiger partial charge in [-0.3, -0.25) is 0 Å². The van der Waals surface area contributed by atoms with Gasteiger partial charge in [0.25, 0.3) is 0 Å². The van der Waals surface area contributed by atoms with Crippen LogP contribution in [0.3, 0.4) is 0 Å². The second-order valence-electron chi connectivity index (χ2n) is 8.95. The van der Waals surface area contributed by atoms with Gasteiger partial charge < -0.3 is 19.0 Å². The number of piperidine rings is 1. The van der Waals surface area contributed by atoms with Gasteiger partial charge in [-0.1, -0.05) is 61.5 Å². The van der Waals surface area contributed by atoms with Crippen molar-refractivity contribution >= 4 is 6.03 Å². The molecule has 172 valence electrons. The third kappa shape index (κ3) is 4.81. The SMILES string of the molecule is CCc1ccc(C2CC(c3nc(-c4ccccc4)co3)CN(C(=O)N3CCOCC3)C2)cc1. The molecule has 6 nitrogen and oxygen atoms in total. The van der Waals surface area contributed by atoms with E-state index in [9.17, 15) is 4.79 Å². The van der Waals surface area contributed by atoms with Crippen molar-refractivity contribution in [1.29, 1.82) is 0 Å². The Morgan fingerprint density at radius 3 is 2.42 bits per heavy atom. The Balaban J connectivity index is 1.41. The van der Waals surface area contributed by atoms with E-state index < -0.39 is 0 Å². The van der Waals surface area contributed by atoms with Crippen molar-refractivity contribution in [2.75, 3.05) is 39.4 Å². The molecule has 0 saturated carbocycles. The Morgan fingerprint density at radius 1 is 0.970 bits per heavy atom. The van der Waals surface area contributed by atoms with Gasteiger partial charge in [-0.25, -0.2) is 9.78 Å². The molecule has 2 aromatic carbocycles. The number of nitrogens with zero attached hydrogens (tertiary/aromatic N) is 3. The van der Waals surface area contributed by atoms with E-state index in [0.29, 0.717) is 45.3 Å². The van der Waals surface area contributed by atoms with Gasteiger partial charge in [0, 0.05) is 37.7 Å². The minimum absolute atomic E-state index is 0.0528. The van der Waals surface area contributed by atoms with Crippen molar-refractivity contribution in [3.05, 3.63) is 77.9 Å². The minimum Gasteiger partial charge on any atom is -0.448 e. The fourth-order valence-corrected chi connectivity index (χ4v) is 4.87. The first-order chi connectivity index (χ1) is 16.2. The third-order valence-corrected chi connectivity index (χ3v) is 6.80. The highest BCUT2D eigenvalue weighted by Gasteiger charge is 2.36. The van der Waals surface area contributed by atoms with E-state index >= 15 is 0 Å². The Morgan fingerprint density at radius 2 is 1.70 bits per heavy atom. The molecule has 3 aromatic rings. The van der Waals surface area contributed by atoms with Crippen LogP contribution in [-0.4, -0.2) is 60.2 Å². The van der Waals surface area contributed by atoms with Gasteiger partial charge in [0.2, 0.25) is 0 Å². The molecule has 6 heteroatoms. The summed E-state index contributed by atoms with van der Waals surface area (Å²) in [5.41, 5.74) is 4.47. The Bertz CT molecular complexity index is 1060. The quantitative estimate of drug-likeness (QED) is 0.571. The molecule has 0 spiro atoms. The van der Waals surface area contributed by atoms with Crippen molar-refractivity contribution in [2.24, 2.45) is 0 Å². The van der Waals surface area contributed by atoms with Crippen molar-refractivity contribution in [1.82, 2.24) is 14.8 Å². The molecule has 2 saturated heterocycles. The molecule has 0 bridgehead atoms. The van der Waals surface area contributed by atoms with E-state index in [-0.39, 0.29) is 17.9 Å². The second-order valence-corrected chi connectivity index (χ2v) is 8.95. The highest BCUT2D eigenvalue weighted by atomic mass is 16.5. The smallest absolute Gasteiger partial charge is 0.320 e. The summed E-state index contributed by atoms with van der Waals surface area (Å²) < 4.78 is 11.4. The van der Waals surface area contributed by atoms with Crippen LogP contribution in [0.4, 0.5) is 4.79 Å². The number of hydrogen-bond acceptors (Lipinski definition) is 4. The first kappa shape index (κ1) is 21.7. The van der Waals surface area contributed by atoms with Gasteiger partial charge in [-0.05, 0) is 24.0 Å². The molecule has 3 heterocycles. The molecular weight excluding hydrogens is 414 g/mol. The fourth-order valence-electron chi connectivity index (χ4n) is 4.87. The van der Waals surface area contributed by atoms with E-state index in [1.165, 1.54) is 11.1 Å². The number of hydrogen-bond donors (Lipinski definition) is 0. The van der Waals surface area contributed by atoms with Crippen LogP contribution in [0.5, 0.6) is 0 Å². The van der Waals surface area contributed by atoms with E-state index in [2.05, 4.69) is 31.2 Å². The normalized spacial score (nSPS) is 21.2. The van der Waals surface area contributed by atoms with Crippen molar-refractivity contribution in [3.63, 3.8) is 0 Å². The number of aryl methyl sites for hydroxylation is 1. The van der Waals surface area contributed by atoms with Crippen LogP contribution >= 0.6 is 0 Å². The number of rotatable bonds is 4. The molecule has 0 radical (unpaired) electrons. The van der Waals surface area contributed by atoms with Crippen LogP contribution in [0.2, 0.25) is 0 Å². The number of aromatic nitrogens is 1. The molecule has 33 heavy (non-hydrogen) atoms. The molecular formula is C27H31N3O3. The summed E-state index contributed by atoms with van der Waals surface area (Å²) in [5.74, 6) is 1.01. The maximum atomic E-state index is 13.4. The van der Waals surface area contributed by atoms with Crippen LogP contribution < -0.4 is 0 Å². The summed E-state index contributed by atoms with van der Waals surface area (Å²) in [6.07, 6.45) is 3.67. The average molecular weight is 446 g/mol. The molecule has 2 amide bonds. The molecule has 0 N–H and O–H groups in total. The fraction of sp³-hybridized carbons (Fsp3) is 0.407. The zero-order valence-electron chi connectivity index (χ0n) is 19.2. The van der Waals surface area contributed by atoms with Crippen LogP contribution in [0.25, 0.3) is 11.3 Å². The summed E-state index contributed by atoms with van der Waals surface area (Å²) in [7, 11) is 0. The van der Waals surface area contributed by atoms with Gasteiger partial charge in [0.05, 0.1) is 19.1 Å². The zero-order valence-corrected chi connectivity index (χ0v) is 19.2. The van der Waals surface area contributed by atoms with Crippen molar-refractivity contribution < 1.29 is 13.9 Å². The number of ether oxygens (including phenoxy) is 1. The lowest BCUT2D eigenvalue weighted by Gasteiger charge is -2.40. The van der Waals surface area contributed by atoms with Gasteiger partial charge in [-0.15, -0.1) is 0 Å². The van der Waals surface area contributed by atoms with Crippen molar-refractivity contribution in [3.8, 4) is 11.3 Å². The first-order valence-electron chi connectivity index (χ1n) is 11.9. The Hall–Kier alpha value is -3.12. The standard InChI is InChI=1S/C27H31N3O3/c1-2-20-8-10-21(11-9-20)23-16-24(18-30(17-23)27(31)29-12-14-32-15-13-29)26-28-25(19-33-26)22-6-4-3-5-7-22/h3-11,19,23-24H,2,12-18H2,1H3. The molecule has 5 rings (SSSR count). The predicted molar refractivity (Wildman–Crippen MR) is 127 cm³/mol. The maximum Gasteiger partial charge on any atom is 0.320 e. The number of amides is 2. The van der Waals surface area contributed by atoms with Crippen LogP contribution in [-0.2, 0) is 11.2 Å². The maximum absolute atomic E-state index is 13.4. The number of carbonyl (C=O) groups excluding carboxylic acids is 1. The molecule has 2 atom stereocenters. The van der Waals surface area contributed by atoms with Gasteiger partial charge in [-0.2, -0.15) is 0 Å². The lowest BCUT2D eigenvalue weighted by molar-refractivity contribution is 0.0393. The first-order valence-corrected chi connectivity index (χ1v) is 11.9. The lowest BCUT2D eigenvalue weighted by Crippen LogP contribution is -2.52. The topological polar surface area (TPSA) is 58.8 Å². The van der Waals surface area contributed by atoms with E-state index in [1.54, 1.807) is 6.26 Å². The summed E-state index contributed by atoms with van der Waals surface area (Å²) in [6.45, 7) is 6.00. The molecule has 2 fully saturated rings. The van der Waals surface area contributed by atoms with E-state index in [0.717, 1.165) is 24.1 Å². The van der Waals surface area contributed by atoms with E-state index in [1.807, 2.05) is 40.1 Å². The zero-order chi connectivity index (χ0) is 22.6. The molecule has 0 aliphatic carbocycles. The average Bonchev–Trinajstić information content (AvgIpc) is 3.40.